The van der Waals surface area contributed by atoms with Crippen LogP contribution in [0.3, 0.4) is 0 Å². The van der Waals surface area contributed by atoms with E-state index >= 15 is 0 Å². The topological polar surface area (TPSA) is 46.0 Å². The summed E-state index contributed by atoms with van der Waals surface area (Å²) in [5.41, 5.74) is 0.730. The third kappa shape index (κ3) is 1.34. The van der Waals surface area contributed by atoms with Crippen molar-refractivity contribution in [1.82, 2.24) is 4.98 Å². The summed E-state index contributed by atoms with van der Waals surface area (Å²) in [6.45, 7) is 4.00. The van der Waals surface area contributed by atoms with Gasteiger partial charge in [0.05, 0.1) is 5.35 Å². The Labute approximate surface area is 77.3 Å². The average molecular weight is 181 g/mol. The molecule has 2 aliphatic rings. The van der Waals surface area contributed by atoms with Gasteiger partial charge in [-0.25, -0.2) is 4.79 Å². The molecule has 0 aromatic carbocycles. The van der Waals surface area contributed by atoms with Gasteiger partial charge >= 0.3 is 5.76 Å². The Hall–Kier alpha value is -1.25. The minimum absolute atomic E-state index is 0. The van der Waals surface area contributed by atoms with Crippen molar-refractivity contribution in [2.45, 2.75) is 20.3 Å². The molecule has 1 heterocycles. The maximum absolute atomic E-state index is 10.7. The Kier molecular flexibility index (Phi) is 1.87. The molecule has 2 atom stereocenters. The second kappa shape index (κ2) is 2.91. The van der Waals surface area contributed by atoms with E-state index in [4.69, 9.17) is 4.42 Å². The van der Waals surface area contributed by atoms with Crippen molar-refractivity contribution in [2.24, 2.45) is 11.8 Å². The van der Waals surface area contributed by atoms with E-state index in [1.165, 1.54) is 6.42 Å². The summed E-state index contributed by atoms with van der Waals surface area (Å²) in [5, 5.41) is 0.869. The molecule has 1 fully saturated rings. The summed E-state index contributed by atoms with van der Waals surface area (Å²) in [5.74, 6) is 0.959. The largest absolute Gasteiger partial charge is 0.417 e. The number of hydrogen-bond acceptors (Lipinski definition) is 2. The third-order valence-corrected chi connectivity index (χ3v) is 2.34. The van der Waals surface area contributed by atoms with E-state index in [9.17, 15) is 4.79 Å². The molecule has 3 nitrogen and oxygen atoms in total. The van der Waals surface area contributed by atoms with Gasteiger partial charge in [0, 0.05) is 1.43 Å². The predicted octanol–water partition coefficient (Wildman–Crippen LogP) is 0.451. The second-order valence-corrected chi connectivity index (χ2v) is 3.19. The number of fused-ring (bicyclic) bond motifs is 2. The van der Waals surface area contributed by atoms with E-state index in [-0.39, 0.29) is 7.18 Å². The van der Waals surface area contributed by atoms with Crippen LogP contribution in [0.15, 0.2) is 9.21 Å². The van der Waals surface area contributed by atoms with Crippen molar-refractivity contribution in [2.75, 3.05) is 0 Å². The minimum atomic E-state index is -0.344. The smallest absolute Gasteiger partial charge is 0.408 e. The first-order valence-electron chi connectivity index (χ1n) is 4.76. The van der Waals surface area contributed by atoms with Crippen LogP contribution in [-0.4, -0.2) is 4.98 Å². The molecule has 2 aliphatic carbocycles. The van der Waals surface area contributed by atoms with Crippen molar-refractivity contribution in [1.29, 1.82) is 0 Å². The molecule has 0 saturated heterocycles. The van der Waals surface area contributed by atoms with Crippen LogP contribution in [0.1, 0.15) is 21.7 Å². The van der Waals surface area contributed by atoms with Crippen LogP contribution >= 0.6 is 0 Å². The van der Waals surface area contributed by atoms with E-state index in [0.29, 0.717) is 11.8 Å². The van der Waals surface area contributed by atoms with Crippen LogP contribution in [0, 0.1) is 11.8 Å². The fourth-order valence-corrected chi connectivity index (χ4v) is 1.63. The normalized spacial score (nSPS) is 26.9. The monoisotopic (exact) mass is 181 g/mol. The van der Waals surface area contributed by atoms with Gasteiger partial charge in [-0.15, -0.1) is 0 Å². The molecule has 3 heteroatoms. The number of aromatic nitrogens is 1. The SMILES string of the molecule is CC.O=c1[nH]c2c(o1)=CC1CC1C=2.[HH]. The molecule has 0 bridgehead atoms. The molecule has 0 spiro atoms. The van der Waals surface area contributed by atoms with Crippen LogP contribution in [0.5, 0.6) is 0 Å². The lowest BCUT2D eigenvalue weighted by molar-refractivity contribution is 0.483. The molecule has 1 aromatic heterocycles. The van der Waals surface area contributed by atoms with E-state index < -0.39 is 0 Å². The molecule has 1 saturated carbocycles. The summed E-state index contributed by atoms with van der Waals surface area (Å²) >= 11 is 0. The molecule has 72 valence electrons. The van der Waals surface area contributed by atoms with Gasteiger partial charge in [-0.1, -0.05) is 19.9 Å². The van der Waals surface area contributed by atoms with Crippen molar-refractivity contribution in [3.63, 3.8) is 0 Å². The quantitative estimate of drug-likeness (QED) is 0.631. The van der Waals surface area contributed by atoms with Crippen molar-refractivity contribution < 1.29 is 5.84 Å². The van der Waals surface area contributed by atoms with E-state index in [1.54, 1.807) is 0 Å². The Morgan fingerprint density at radius 3 is 2.92 bits per heavy atom. The number of oxazole rings is 1. The molecular formula is C10H15NO2. The van der Waals surface area contributed by atoms with Gasteiger partial charge in [0.1, 0.15) is 0 Å². The number of nitrogens with one attached hydrogen (secondary N) is 1. The zero-order valence-electron chi connectivity index (χ0n) is 7.83. The molecule has 2 unspecified atom stereocenters. The van der Waals surface area contributed by atoms with Gasteiger partial charge < -0.3 is 4.42 Å². The Morgan fingerprint density at radius 1 is 1.46 bits per heavy atom. The van der Waals surface area contributed by atoms with Crippen molar-refractivity contribution >= 4 is 12.2 Å². The first kappa shape index (κ1) is 8.35. The summed E-state index contributed by atoms with van der Waals surface area (Å²) < 4.78 is 4.91. The highest BCUT2D eigenvalue weighted by Crippen LogP contribution is 2.41. The van der Waals surface area contributed by atoms with Crippen LogP contribution < -0.4 is 16.5 Å². The average Bonchev–Trinajstić information content (AvgIpc) is 2.77. The standard InChI is InChI=1S/C8H7NO2.C2H6.H2/c10-8-9-6-2-4-1-5(4)3-7(6)11-8;1-2;/h2-5H,1H2,(H,9,10);1-2H3;1H. The Bertz CT molecular complexity index is 431. The van der Waals surface area contributed by atoms with Crippen LogP contribution in [0.2, 0.25) is 0 Å². The van der Waals surface area contributed by atoms with Gasteiger partial charge in [0.25, 0.3) is 0 Å². The van der Waals surface area contributed by atoms with Gasteiger partial charge in [-0.3, -0.25) is 4.98 Å². The highest BCUT2D eigenvalue weighted by Gasteiger charge is 2.35. The van der Waals surface area contributed by atoms with E-state index in [2.05, 4.69) is 11.1 Å². The summed E-state index contributed by atoms with van der Waals surface area (Å²) in [7, 11) is 0. The highest BCUT2D eigenvalue weighted by molar-refractivity contribution is 5.45. The molecular weight excluding hydrogens is 166 g/mol. The van der Waals surface area contributed by atoms with Gasteiger partial charge in [0.15, 0.2) is 5.42 Å². The zero-order chi connectivity index (χ0) is 9.42. The summed E-state index contributed by atoms with van der Waals surface area (Å²) in [4.78, 5) is 13.4. The Balaban J connectivity index is 0.000000309. The zero-order valence-corrected chi connectivity index (χ0v) is 7.83. The lowest BCUT2D eigenvalue weighted by Gasteiger charge is -1.88. The number of H-pyrrole nitrogens is 1. The molecule has 1 aromatic rings. The van der Waals surface area contributed by atoms with Crippen LogP contribution in [0.25, 0.3) is 12.2 Å². The van der Waals surface area contributed by atoms with Gasteiger partial charge in [-0.2, -0.15) is 0 Å². The van der Waals surface area contributed by atoms with E-state index in [0.717, 1.165) is 10.8 Å². The lowest BCUT2D eigenvalue weighted by atomic mass is 10.2. The number of hydrogen-bond donors (Lipinski definition) is 1. The van der Waals surface area contributed by atoms with Crippen LogP contribution in [-0.2, 0) is 0 Å². The molecule has 13 heavy (non-hydrogen) atoms. The molecule has 1 N–H and O–H groups in total. The molecule has 0 radical (unpaired) electrons. The highest BCUT2D eigenvalue weighted by atomic mass is 16.4. The predicted molar refractivity (Wildman–Crippen MR) is 52.6 cm³/mol. The lowest BCUT2D eigenvalue weighted by Crippen LogP contribution is -2.25. The first-order chi connectivity index (χ1) is 6.33. The maximum Gasteiger partial charge on any atom is 0.417 e. The van der Waals surface area contributed by atoms with Crippen molar-refractivity contribution in [3.05, 3.63) is 21.3 Å². The third-order valence-electron chi connectivity index (χ3n) is 2.34. The van der Waals surface area contributed by atoms with Gasteiger partial charge in [0.2, 0.25) is 0 Å². The minimum Gasteiger partial charge on any atom is -0.408 e. The fourth-order valence-electron chi connectivity index (χ4n) is 1.63. The molecule has 0 amide bonds. The van der Waals surface area contributed by atoms with Crippen molar-refractivity contribution in [3.8, 4) is 0 Å². The summed E-state index contributed by atoms with van der Waals surface area (Å²) in [6.07, 6.45) is 5.34. The molecule has 3 rings (SSSR count). The Morgan fingerprint density at radius 2 is 2.15 bits per heavy atom. The maximum atomic E-state index is 10.7. The van der Waals surface area contributed by atoms with Crippen LogP contribution in [0.4, 0.5) is 0 Å². The molecule has 0 aliphatic heterocycles. The second-order valence-electron chi connectivity index (χ2n) is 3.19. The first-order valence-corrected chi connectivity index (χ1v) is 4.76. The number of rotatable bonds is 0. The van der Waals surface area contributed by atoms with Gasteiger partial charge in [-0.05, 0) is 24.3 Å². The fraction of sp³-hybridized carbons (Fsp3) is 0.500. The summed E-state index contributed by atoms with van der Waals surface area (Å²) in [6, 6.07) is 0. The van der Waals surface area contributed by atoms with E-state index in [1.807, 2.05) is 19.9 Å². The number of aromatic amines is 1.